The number of hydrogen-bond donors (Lipinski definition) is 1. The predicted octanol–water partition coefficient (Wildman–Crippen LogP) is -0.523. The predicted molar refractivity (Wildman–Crippen MR) is 83.9 cm³/mol. The molecule has 11 heteroatoms. The van der Waals surface area contributed by atoms with Crippen LogP contribution in [0.4, 0.5) is 5.69 Å². The molecule has 2 aliphatic rings. The molecule has 1 N–H and O–H groups in total. The molecule has 0 saturated carbocycles. The lowest BCUT2D eigenvalue weighted by molar-refractivity contribution is -0.133. The minimum Gasteiger partial charge on any atom is -0.293 e. The normalized spacial score (nSPS) is 20.4. The van der Waals surface area contributed by atoms with Crippen molar-refractivity contribution in [3.8, 4) is 0 Å². The molecule has 1 aromatic rings. The zero-order valence-electron chi connectivity index (χ0n) is 12.9. The molecule has 10 nitrogen and oxygen atoms in total. The van der Waals surface area contributed by atoms with Crippen molar-refractivity contribution in [2.24, 2.45) is 5.92 Å². The number of ketones is 1. The summed E-state index contributed by atoms with van der Waals surface area (Å²) < 4.78 is 30.8. The van der Waals surface area contributed by atoms with Gasteiger partial charge in [0.1, 0.15) is 5.92 Å². The highest BCUT2D eigenvalue weighted by molar-refractivity contribution is 7.84. The Morgan fingerprint density at radius 1 is 1.08 bits per heavy atom. The van der Waals surface area contributed by atoms with E-state index >= 15 is 0 Å². The average Bonchev–Trinajstić information content (AvgIpc) is 3.05. The van der Waals surface area contributed by atoms with Gasteiger partial charge in [0.05, 0.1) is 5.69 Å². The highest BCUT2D eigenvalue weighted by atomic mass is 32.2. The van der Waals surface area contributed by atoms with Crippen LogP contribution in [0.25, 0.3) is 0 Å². The van der Waals surface area contributed by atoms with E-state index in [1.807, 2.05) is 0 Å². The number of amides is 4. The summed E-state index contributed by atoms with van der Waals surface area (Å²) in [5.41, 5.74) is -0.0161. The molecule has 1 unspecified atom stereocenters. The molecule has 2 heterocycles. The van der Waals surface area contributed by atoms with Crippen LogP contribution in [0.15, 0.2) is 36.4 Å². The molecular weight excluding hydrogens is 368 g/mol. The molecule has 0 spiro atoms. The second-order valence-electron chi connectivity index (χ2n) is 5.49. The summed E-state index contributed by atoms with van der Waals surface area (Å²) in [6, 6.07) is 5.23. The zero-order chi connectivity index (χ0) is 19.2. The Morgan fingerprint density at radius 2 is 1.69 bits per heavy atom. The van der Waals surface area contributed by atoms with Crippen LogP contribution < -0.4 is 4.90 Å². The topological polar surface area (TPSA) is 146 Å². The van der Waals surface area contributed by atoms with Gasteiger partial charge in [0.15, 0.2) is 5.78 Å². The van der Waals surface area contributed by atoms with Crippen LogP contribution in [0.1, 0.15) is 16.8 Å². The van der Waals surface area contributed by atoms with E-state index in [2.05, 4.69) is 0 Å². The Morgan fingerprint density at radius 3 is 2.23 bits per heavy atom. The van der Waals surface area contributed by atoms with Crippen LogP contribution in [-0.4, -0.2) is 46.7 Å². The second kappa shape index (κ2) is 5.97. The quantitative estimate of drug-likeness (QED) is 0.319. The van der Waals surface area contributed by atoms with Gasteiger partial charge in [-0.2, -0.15) is 12.7 Å². The summed E-state index contributed by atoms with van der Waals surface area (Å²) >= 11 is 0. The van der Waals surface area contributed by atoms with Crippen LogP contribution in [0.3, 0.4) is 0 Å². The van der Waals surface area contributed by atoms with Gasteiger partial charge < -0.3 is 0 Å². The summed E-state index contributed by atoms with van der Waals surface area (Å²) in [4.78, 5) is 60.4. The van der Waals surface area contributed by atoms with E-state index in [1.54, 1.807) is 0 Å². The van der Waals surface area contributed by atoms with Crippen molar-refractivity contribution >= 4 is 45.4 Å². The largest absolute Gasteiger partial charge is 0.368 e. The van der Waals surface area contributed by atoms with Crippen molar-refractivity contribution in [3.05, 3.63) is 42.0 Å². The molecule has 26 heavy (non-hydrogen) atoms. The average molecular weight is 378 g/mol. The van der Waals surface area contributed by atoms with E-state index < -0.39 is 52.1 Å². The minimum atomic E-state index is -5.11. The van der Waals surface area contributed by atoms with Gasteiger partial charge in [-0.05, 0) is 12.1 Å². The van der Waals surface area contributed by atoms with E-state index in [4.69, 9.17) is 4.55 Å². The number of carbonyl (C=O) groups is 5. The standard InChI is InChI=1S/C15H10N2O8S/c18-11-4-5-12(19)16(11)9-3-1-2-8(6-9)14(21)10-7-13(20)17(15(10)22)26(23,24)25/h1-6,10H,7H2,(H,23,24,25). The lowest BCUT2D eigenvalue weighted by Crippen LogP contribution is -2.37. The molecule has 1 aromatic carbocycles. The van der Waals surface area contributed by atoms with Crippen molar-refractivity contribution < 1.29 is 36.9 Å². The van der Waals surface area contributed by atoms with E-state index in [9.17, 15) is 32.4 Å². The van der Waals surface area contributed by atoms with Crippen molar-refractivity contribution in [2.75, 3.05) is 4.90 Å². The number of imide groups is 2. The molecule has 2 aliphatic heterocycles. The Hall–Kier alpha value is -3.18. The summed E-state index contributed by atoms with van der Waals surface area (Å²) in [6.45, 7) is 0. The van der Waals surface area contributed by atoms with Crippen molar-refractivity contribution in [2.45, 2.75) is 6.42 Å². The molecular formula is C15H10N2O8S. The number of nitrogens with zero attached hydrogens (tertiary/aromatic N) is 2. The number of anilines is 1. The number of rotatable bonds is 4. The fraction of sp³-hybridized carbons (Fsp3) is 0.133. The van der Waals surface area contributed by atoms with Gasteiger partial charge in [0.2, 0.25) is 5.91 Å². The summed E-state index contributed by atoms with van der Waals surface area (Å²) in [7, 11) is -5.11. The van der Waals surface area contributed by atoms with Gasteiger partial charge in [-0.15, -0.1) is 0 Å². The summed E-state index contributed by atoms with van der Waals surface area (Å²) in [5.74, 6) is -6.29. The van der Waals surface area contributed by atoms with Gasteiger partial charge in [-0.3, -0.25) is 28.5 Å². The maximum atomic E-state index is 12.5. The molecule has 0 bridgehead atoms. The molecule has 4 amide bonds. The fourth-order valence-corrected chi connectivity index (χ4v) is 3.40. The molecule has 0 aliphatic carbocycles. The van der Waals surface area contributed by atoms with Crippen molar-refractivity contribution in [3.63, 3.8) is 0 Å². The first-order valence-corrected chi connectivity index (χ1v) is 8.56. The Kier molecular flexibility index (Phi) is 4.05. The second-order valence-corrected chi connectivity index (χ2v) is 6.75. The van der Waals surface area contributed by atoms with E-state index in [-0.39, 0.29) is 15.6 Å². The van der Waals surface area contributed by atoms with Crippen LogP contribution in [-0.2, 0) is 29.5 Å². The Labute approximate surface area is 146 Å². The van der Waals surface area contributed by atoms with E-state index in [0.717, 1.165) is 17.1 Å². The van der Waals surface area contributed by atoms with Crippen LogP contribution in [0.5, 0.6) is 0 Å². The highest BCUT2D eigenvalue weighted by Crippen LogP contribution is 2.27. The maximum absolute atomic E-state index is 12.5. The first-order valence-electron chi connectivity index (χ1n) is 7.16. The number of carbonyl (C=O) groups excluding carboxylic acids is 5. The van der Waals surface area contributed by atoms with Gasteiger partial charge in [-0.1, -0.05) is 12.1 Å². The number of hydrogen-bond acceptors (Lipinski definition) is 7. The lowest BCUT2D eigenvalue weighted by atomic mass is 9.96. The lowest BCUT2D eigenvalue weighted by Gasteiger charge is -2.15. The Bertz CT molecular complexity index is 992. The molecule has 1 saturated heterocycles. The van der Waals surface area contributed by atoms with Gasteiger partial charge >= 0.3 is 10.3 Å². The number of Topliss-reactive ketones (excluding diaryl/α,β-unsaturated/α-hetero) is 1. The van der Waals surface area contributed by atoms with Crippen molar-refractivity contribution in [1.29, 1.82) is 0 Å². The highest BCUT2D eigenvalue weighted by Gasteiger charge is 2.48. The zero-order valence-corrected chi connectivity index (χ0v) is 13.7. The van der Waals surface area contributed by atoms with Crippen LogP contribution in [0.2, 0.25) is 0 Å². The fourth-order valence-electron chi connectivity index (χ4n) is 2.71. The third-order valence-corrected chi connectivity index (χ3v) is 4.69. The minimum absolute atomic E-state index is 0.0826. The maximum Gasteiger partial charge on any atom is 0.368 e. The van der Waals surface area contributed by atoms with Gasteiger partial charge in [0, 0.05) is 24.1 Å². The monoisotopic (exact) mass is 378 g/mol. The van der Waals surface area contributed by atoms with E-state index in [1.165, 1.54) is 24.3 Å². The van der Waals surface area contributed by atoms with Crippen molar-refractivity contribution in [1.82, 2.24) is 4.31 Å². The number of benzene rings is 1. The Balaban J connectivity index is 1.91. The molecule has 1 atom stereocenters. The van der Waals surface area contributed by atoms with Crippen LogP contribution >= 0.6 is 0 Å². The third-order valence-electron chi connectivity index (χ3n) is 3.85. The SMILES string of the molecule is O=C(c1cccc(N2C(=O)C=CC2=O)c1)C1CC(=O)N(S(=O)(=O)O)C1=O. The molecule has 3 rings (SSSR count). The summed E-state index contributed by atoms with van der Waals surface area (Å²) in [6.07, 6.45) is 1.39. The first-order chi connectivity index (χ1) is 12.1. The molecule has 134 valence electrons. The summed E-state index contributed by atoms with van der Waals surface area (Å²) in [5, 5.41) is 0. The van der Waals surface area contributed by atoms with Gasteiger partial charge in [0.25, 0.3) is 17.7 Å². The molecule has 0 aromatic heterocycles. The smallest absolute Gasteiger partial charge is 0.293 e. The molecule has 0 radical (unpaired) electrons. The molecule has 1 fully saturated rings. The third kappa shape index (κ3) is 2.82. The van der Waals surface area contributed by atoms with Gasteiger partial charge in [-0.25, -0.2) is 4.90 Å². The van der Waals surface area contributed by atoms with Crippen LogP contribution in [0, 0.1) is 5.92 Å². The van der Waals surface area contributed by atoms with E-state index in [0.29, 0.717) is 0 Å². The first kappa shape index (κ1) is 17.6.